The number of unbranched alkanes of at least 4 members (excludes halogenated alkanes) is 1. The van der Waals surface area contributed by atoms with Crippen LogP contribution in [0.3, 0.4) is 0 Å². The lowest BCUT2D eigenvalue weighted by atomic mass is 9.90. The maximum absolute atomic E-state index is 13.0. The van der Waals surface area contributed by atoms with E-state index >= 15 is 0 Å². The fraction of sp³-hybridized carbons (Fsp3) is 0.375. The Hall–Kier alpha value is -2.01. The number of hydrogen-bond acceptors (Lipinski definition) is 4. The van der Waals surface area contributed by atoms with Crippen molar-refractivity contribution in [1.82, 2.24) is 4.90 Å². The fourth-order valence-electron chi connectivity index (χ4n) is 4.26. The standard InChI is InChI=1S/C24H26Cl2N2O2/c1-2-3-10-28-11-4-5-16(14-28)15-6-8-19-21(12-15)30-24(22(19)27)23(29)18-9-7-17(25)13-20(18)26/h6-9,12-13,16H,2-5,10-11,14,27H2,1H3. The molecule has 0 aliphatic carbocycles. The van der Waals surface area contributed by atoms with Crippen LogP contribution in [0.5, 0.6) is 0 Å². The second-order valence-electron chi connectivity index (χ2n) is 8.05. The van der Waals surface area contributed by atoms with Crippen molar-refractivity contribution < 1.29 is 9.21 Å². The summed E-state index contributed by atoms with van der Waals surface area (Å²) >= 11 is 12.2. The minimum atomic E-state index is -0.338. The Bertz CT molecular complexity index is 1080. The van der Waals surface area contributed by atoms with Gasteiger partial charge in [-0.15, -0.1) is 0 Å². The lowest BCUT2D eigenvalue weighted by molar-refractivity contribution is 0.101. The first-order chi connectivity index (χ1) is 14.5. The molecule has 30 heavy (non-hydrogen) atoms. The number of anilines is 1. The molecule has 4 rings (SSSR count). The van der Waals surface area contributed by atoms with Gasteiger partial charge in [0.05, 0.1) is 10.7 Å². The molecule has 1 saturated heterocycles. The first kappa shape index (κ1) is 21.2. The van der Waals surface area contributed by atoms with Crippen LogP contribution in [0, 0.1) is 0 Å². The van der Waals surface area contributed by atoms with E-state index in [2.05, 4.69) is 17.9 Å². The second kappa shape index (κ2) is 9.01. The van der Waals surface area contributed by atoms with Crippen LogP contribution in [0.4, 0.5) is 5.69 Å². The van der Waals surface area contributed by atoms with Gasteiger partial charge in [-0.25, -0.2) is 0 Å². The third-order valence-electron chi connectivity index (χ3n) is 5.94. The zero-order chi connectivity index (χ0) is 21.3. The van der Waals surface area contributed by atoms with E-state index in [1.165, 1.54) is 31.4 Å². The molecule has 0 bridgehead atoms. The Kier molecular flexibility index (Phi) is 6.37. The maximum Gasteiger partial charge on any atom is 0.231 e. The van der Waals surface area contributed by atoms with Crippen LogP contribution in [0.1, 0.15) is 60.2 Å². The number of nitrogen functional groups attached to an aromatic ring is 1. The van der Waals surface area contributed by atoms with E-state index < -0.39 is 0 Å². The number of piperidine rings is 1. The van der Waals surface area contributed by atoms with Gasteiger partial charge in [0, 0.05) is 22.5 Å². The summed E-state index contributed by atoms with van der Waals surface area (Å²) in [6, 6.07) is 10.9. The van der Waals surface area contributed by atoms with Gasteiger partial charge in [0.25, 0.3) is 0 Å². The fourth-order valence-corrected chi connectivity index (χ4v) is 4.76. The van der Waals surface area contributed by atoms with Crippen molar-refractivity contribution >= 4 is 45.6 Å². The molecule has 1 aliphatic rings. The number of carbonyl (C=O) groups is 1. The number of benzene rings is 2. The molecule has 1 atom stereocenters. The quantitative estimate of drug-likeness (QED) is 0.438. The molecule has 1 fully saturated rings. The summed E-state index contributed by atoms with van der Waals surface area (Å²) in [5, 5.41) is 1.51. The number of fused-ring (bicyclic) bond motifs is 1. The molecular weight excluding hydrogens is 419 g/mol. The predicted octanol–water partition coefficient (Wildman–Crippen LogP) is 6.53. The van der Waals surface area contributed by atoms with Crippen LogP contribution >= 0.6 is 23.2 Å². The molecule has 1 unspecified atom stereocenters. The van der Waals surface area contributed by atoms with Crippen molar-refractivity contribution in [1.29, 1.82) is 0 Å². The van der Waals surface area contributed by atoms with E-state index in [0.29, 0.717) is 27.8 Å². The predicted molar refractivity (Wildman–Crippen MR) is 124 cm³/mol. The van der Waals surface area contributed by atoms with Crippen molar-refractivity contribution in [3.8, 4) is 0 Å². The highest BCUT2D eigenvalue weighted by Crippen LogP contribution is 2.35. The summed E-state index contributed by atoms with van der Waals surface area (Å²) in [6.45, 7) is 5.62. The average Bonchev–Trinajstić information content (AvgIpc) is 3.08. The normalized spacial score (nSPS) is 17.5. The number of halogens is 2. The monoisotopic (exact) mass is 444 g/mol. The SMILES string of the molecule is CCCCN1CCCC(c2ccc3c(N)c(C(=O)c4ccc(Cl)cc4Cl)oc3c2)C1. The van der Waals surface area contributed by atoms with Gasteiger partial charge in [0.15, 0.2) is 5.76 Å². The van der Waals surface area contributed by atoms with Gasteiger partial charge in [-0.2, -0.15) is 0 Å². The molecule has 1 aliphatic heterocycles. The van der Waals surface area contributed by atoms with Crippen LogP contribution in [-0.4, -0.2) is 30.3 Å². The van der Waals surface area contributed by atoms with Gasteiger partial charge in [0.2, 0.25) is 5.78 Å². The molecular formula is C24H26Cl2N2O2. The van der Waals surface area contributed by atoms with Crippen LogP contribution < -0.4 is 5.73 Å². The Balaban J connectivity index is 1.62. The third kappa shape index (κ3) is 4.22. The van der Waals surface area contributed by atoms with Crippen molar-refractivity contribution in [2.45, 2.75) is 38.5 Å². The third-order valence-corrected chi connectivity index (χ3v) is 6.49. The molecule has 4 nitrogen and oxygen atoms in total. The van der Waals surface area contributed by atoms with Gasteiger partial charge in [-0.3, -0.25) is 4.79 Å². The Morgan fingerprint density at radius 1 is 1.23 bits per heavy atom. The molecule has 3 aromatic rings. The molecule has 0 saturated carbocycles. The van der Waals surface area contributed by atoms with Crippen molar-refractivity contribution in [2.24, 2.45) is 0 Å². The van der Waals surface area contributed by atoms with E-state index in [-0.39, 0.29) is 16.6 Å². The lowest BCUT2D eigenvalue weighted by Gasteiger charge is -2.33. The number of nitrogens with zero attached hydrogens (tertiary/aromatic N) is 1. The number of likely N-dealkylation sites (tertiary alicyclic amines) is 1. The Morgan fingerprint density at radius 3 is 2.83 bits per heavy atom. The summed E-state index contributed by atoms with van der Waals surface area (Å²) in [5.74, 6) is 0.256. The minimum Gasteiger partial charge on any atom is -0.450 e. The number of rotatable bonds is 6. The van der Waals surface area contributed by atoms with Gasteiger partial charge in [0.1, 0.15) is 5.58 Å². The number of nitrogens with two attached hydrogens (primary N) is 1. The lowest BCUT2D eigenvalue weighted by Crippen LogP contribution is -2.35. The topological polar surface area (TPSA) is 59.5 Å². The summed E-state index contributed by atoms with van der Waals surface area (Å²) in [4.78, 5) is 15.5. The molecule has 0 radical (unpaired) electrons. The van der Waals surface area contributed by atoms with E-state index in [1.54, 1.807) is 18.2 Å². The summed E-state index contributed by atoms with van der Waals surface area (Å²) < 4.78 is 5.94. The second-order valence-corrected chi connectivity index (χ2v) is 8.89. The number of furan rings is 1. The Morgan fingerprint density at radius 2 is 2.07 bits per heavy atom. The summed E-state index contributed by atoms with van der Waals surface area (Å²) in [7, 11) is 0. The maximum atomic E-state index is 13.0. The van der Waals surface area contributed by atoms with Gasteiger partial charge in [-0.05, 0) is 74.2 Å². The van der Waals surface area contributed by atoms with Crippen molar-refractivity contribution in [2.75, 3.05) is 25.4 Å². The summed E-state index contributed by atoms with van der Waals surface area (Å²) in [6.07, 6.45) is 4.81. The van der Waals surface area contributed by atoms with Crippen LogP contribution in [0.2, 0.25) is 10.0 Å². The first-order valence-corrected chi connectivity index (χ1v) is 11.3. The number of carbonyl (C=O) groups excluding carboxylic acids is 1. The minimum absolute atomic E-state index is 0.125. The zero-order valence-corrected chi connectivity index (χ0v) is 18.6. The molecule has 158 valence electrons. The van der Waals surface area contributed by atoms with E-state index in [0.717, 1.165) is 24.9 Å². The molecule has 0 amide bonds. The Labute approximate surface area is 186 Å². The molecule has 1 aromatic heterocycles. The van der Waals surface area contributed by atoms with Gasteiger partial charge < -0.3 is 15.1 Å². The average molecular weight is 445 g/mol. The van der Waals surface area contributed by atoms with E-state index in [9.17, 15) is 4.79 Å². The summed E-state index contributed by atoms with van der Waals surface area (Å²) in [5.41, 5.74) is 8.82. The van der Waals surface area contributed by atoms with Gasteiger partial charge in [-0.1, -0.05) is 42.6 Å². The zero-order valence-electron chi connectivity index (χ0n) is 17.1. The van der Waals surface area contributed by atoms with Crippen molar-refractivity contribution in [3.05, 3.63) is 63.3 Å². The number of hydrogen-bond donors (Lipinski definition) is 1. The number of ketones is 1. The first-order valence-electron chi connectivity index (χ1n) is 10.5. The smallest absolute Gasteiger partial charge is 0.231 e. The van der Waals surface area contributed by atoms with Crippen LogP contribution in [0.25, 0.3) is 11.0 Å². The molecule has 2 aromatic carbocycles. The van der Waals surface area contributed by atoms with Gasteiger partial charge >= 0.3 is 0 Å². The highest BCUT2D eigenvalue weighted by Gasteiger charge is 2.25. The van der Waals surface area contributed by atoms with Crippen LogP contribution in [0.15, 0.2) is 40.8 Å². The molecule has 0 spiro atoms. The molecule has 6 heteroatoms. The molecule has 2 N–H and O–H groups in total. The van der Waals surface area contributed by atoms with Crippen LogP contribution in [-0.2, 0) is 0 Å². The van der Waals surface area contributed by atoms with E-state index in [4.69, 9.17) is 33.4 Å². The van der Waals surface area contributed by atoms with E-state index in [1.807, 2.05) is 12.1 Å². The van der Waals surface area contributed by atoms with Crippen molar-refractivity contribution in [3.63, 3.8) is 0 Å². The molecule has 2 heterocycles. The highest BCUT2D eigenvalue weighted by atomic mass is 35.5. The highest BCUT2D eigenvalue weighted by molar-refractivity contribution is 6.37. The largest absolute Gasteiger partial charge is 0.450 e.